The van der Waals surface area contributed by atoms with Crippen LogP contribution in [0, 0.1) is 10.1 Å². The molecule has 0 aromatic heterocycles. The topological polar surface area (TPSA) is 199 Å². The number of carbonyl (C=O) groups excluding carboxylic acids is 1. The smallest absolute Gasteiger partial charge is 0.478 e. The number of nitrogens with zero attached hydrogens (tertiary/aromatic N) is 2. The lowest BCUT2D eigenvalue weighted by molar-refractivity contribution is -0.383. The number of nitro benzene ring substituents is 1. The van der Waals surface area contributed by atoms with E-state index in [1.807, 2.05) is 0 Å². The van der Waals surface area contributed by atoms with Crippen molar-refractivity contribution < 1.29 is 41.2 Å². The second kappa shape index (κ2) is 10.0. The summed E-state index contributed by atoms with van der Waals surface area (Å²) in [5.74, 6) is -1.96. The molecule has 0 unspecified atom stereocenters. The number of carboxylic acid groups (broad SMARTS) is 1. The van der Waals surface area contributed by atoms with Crippen LogP contribution in [-0.4, -0.2) is 54.8 Å². The molecule has 0 aliphatic rings. The molecule has 0 atom stereocenters. The lowest BCUT2D eigenvalue weighted by Crippen LogP contribution is -2.32. The van der Waals surface area contributed by atoms with Crippen LogP contribution >= 0.6 is 0 Å². The van der Waals surface area contributed by atoms with Gasteiger partial charge in [-0.05, 0) is 18.2 Å². The normalized spacial score (nSPS) is 11.1. The van der Waals surface area contributed by atoms with Crippen LogP contribution in [0.2, 0.25) is 0 Å². The Bertz CT molecular complexity index is 1150. The Labute approximate surface area is 184 Å². The zero-order valence-corrected chi connectivity index (χ0v) is 17.8. The molecule has 6 N–H and O–H groups in total. The first-order valence-electron chi connectivity index (χ1n) is 8.46. The van der Waals surface area contributed by atoms with E-state index in [4.69, 9.17) is 16.6 Å². The summed E-state index contributed by atoms with van der Waals surface area (Å²) in [6.07, 6.45) is 0. The first-order valence-corrected chi connectivity index (χ1v) is 9.95. The predicted octanol–water partition coefficient (Wildman–Crippen LogP) is 2.11. The van der Waals surface area contributed by atoms with Crippen molar-refractivity contribution in [2.45, 2.75) is 5.51 Å². The highest BCUT2D eigenvalue weighted by Crippen LogP contribution is 2.31. The van der Waals surface area contributed by atoms with Gasteiger partial charge >= 0.3 is 21.5 Å². The number of nitro groups is 1. The molecule has 33 heavy (non-hydrogen) atoms. The predicted molar refractivity (Wildman–Crippen MR) is 112 cm³/mol. The van der Waals surface area contributed by atoms with Gasteiger partial charge in [0.25, 0.3) is 11.6 Å². The van der Waals surface area contributed by atoms with Crippen molar-refractivity contribution in [3.8, 4) is 0 Å². The molecule has 0 fully saturated rings. The highest BCUT2D eigenvalue weighted by atomic mass is 32.2. The number of rotatable bonds is 5. The Balaban J connectivity index is 0.000000361. The maximum Gasteiger partial charge on any atom is 0.516 e. The Hall–Kier alpha value is -4.08. The van der Waals surface area contributed by atoms with Crippen LogP contribution < -0.4 is 16.2 Å². The second-order valence-electron chi connectivity index (χ2n) is 6.32. The van der Waals surface area contributed by atoms with Crippen molar-refractivity contribution in [3.05, 3.63) is 57.6 Å². The summed E-state index contributed by atoms with van der Waals surface area (Å²) in [6.45, 7) is 0. The zero-order chi connectivity index (χ0) is 25.7. The molecule has 2 aromatic rings. The molecule has 0 saturated heterocycles. The van der Waals surface area contributed by atoms with Crippen molar-refractivity contribution in [1.29, 1.82) is 0 Å². The van der Waals surface area contributed by atoms with Crippen molar-refractivity contribution in [3.63, 3.8) is 0 Å². The van der Waals surface area contributed by atoms with Gasteiger partial charge < -0.3 is 21.5 Å². The molecular formula is C17H18F3N5O7S. The van der Waals surface area contributed by atoms with Crippen LogP contribution in [0.4, 0.5) is 35.9 Å². The lowest BCUT2D eigenvalue weighted by atomic mass is 10.1. The molecule has 0 bridgehead atoms. The quantitative estimate of drug-likeness (QED) is 0.273. The Morgan fingerprint density at radius 2 is 1.61 bits per heavy atom. The summed E-state index contributed by atoms with van der Waals surface area (Å²) < 4.78 is 60.6. The average molecular weight is 493 g/mol. The van der Waals surface area contributed by atoms with Gasteiger partial charge in [-0.3, -0.25) is 19.6 Å². The van der Waals surface area contributed by atoms with Gasteiger partial charge in [0.1, 0.15) is 5.69 Å². The van der Waals surface area contributed by atoms with Crippen LogP contribution in [0.1, 0.15) is 20.7 Å². The molecule has 0 heterocycles. The monoisotopic (exact) mass is 493 g/mol. The number of nitrogens with one attached hydrogen (secondary N) is 1. The van der Waals surface area contributed by atoms with Crippen molar-refractivity contribution in [2.24, 2.45) is 0 Å². The van der Waals surface area contributed by atoms with Gasteiger partial charge in [-0.15, -0.1) is 0 Å². The van der Waals surface area contributed by atoms with E-state index in [1.165, 1.54) is 49.1 Å². The number of amides is 1. The van der Waals surface area contributed by atoms with Crippen LogP contribution in [0.15, 0.2) is 36.4 Å². The number of hydrogen-bond donors (Lipinski definition) is 4. The highest BCUT2D eigenvalue weighted by Gasteiger charge is 2.46. The average Bonchev–Trinajstić information content (AvgIpc) is 2.68. The van der Waals surface area contributed by atoms with Crippen molar-refractivity contribution >= 4 is 44.6 Å². The van der Waals surface area contributed by atoms with E-state index in [0.29, 0.717) is 0 Å². The standard InChI is InChI=1S/C10H12F3N3O3S.C7H6N2O4/c1-16(2)9(17)6-4-3-5-7(14)8(6)15-20(18,19)10(11,12)13;8-6-4(7(10)11)2-1-3-5(6)9(12)13/h3-5,15H,14H2,1-2H3;1-3H,8H2,(H,10,11). The Kier molecular flexibility index (Phi) is 8.19. The Morgan fingerprint density at radius 1 is 1.09 bits per heavy atom. The van der Waals surface area contributed by atoms with E-state index in [2.05, 4.69) is 0 Å². The summed E-state index contributed by atoms with van der Waals surface area (Å²) >= 11 is 0. The number of halogens is 3. The molecule has 0 aliphatic carbocycles. The third-order valence-corrected chi connectivity index (χ3v) is 4.87. The largest absolute Gasteiger partial charge is 0.516 e. The maximum absolute atomic E-state index is 12.4. The van der Waals surface area contributed by atoms with Gasteiger partial charge in [0.15, 0.2) is 0 Å². The van der Waals surface area contributed by atoms with E-state index in [0.717, 1.165) is 11.0 Å². The summed E-state index contributed by atoms with van der Waals surface area (Å²) in [5.41, 5.74) is 3.08. The summed E-state index contributed by atoms with van der Waals surface area (Å²) in [4.78, 5) is 33.0. The molecule has 2 rings (SSSR count). The first-order chi connectivity index (χ1) is 15.0. The number of carboxylic acids is 1. The second-order valence-corrected chi connectivity index (χ2v) is 8.00. The van der Waals surface area contributed by atoms with Crippen LogP contribution in [-0.2, 0) is 10.0 Å². The SMILES string of the molecule is CN(C)C(=O)c1cccc(N)c1NS(=O)(=O)C(F)(F)F.Nc1c(C(=O)O)cccc1[N+](=O)[O-]. The molecule has 16 heteroatoms. The number of sulfonamides is 1. The maximum atomic E-state index is 12.4. The molecule has 0 aliphatic heterocycles. The molecule has 1 amide bonds. The zero-order valence-electron chi connectivity index (χ0n) is 17.0. The van der Waals surface area contributed by atoms with E-state index in [1.54, 1.807) is 0 Å². The third kappa shape index (κ3) is 6.45. The molecule has 2 aromatic carbocycles. The van der Waals surface area contributed by atoms with E-state index >= 15 is 0 Å². The van der Waals surface area contributed by atoms with Gasteiger partial charge in [-0.25, -0.2) is 4.79 Å². The number of hydrogen-bond acceptors (Lipinski definition) is 8. The number of para-hydroxylation sites is 2. The lowest BCUT2D eigenvalue weighted by Gasteiger charge is -2.17. The minimum atomic E-state index is -5.66. The number of benzene rings is 2. The van der Waals surface area contributed by atoms with Gasteiger partial charge in [-0.2, -0.15) is 21.6 Å². The fraction of sp³-hybridized carbons (Fsp3) is 0.176. The summed E-state index contributed by atoms with van der Waals surface area (Å²) in [7, 11) is -2.92. The van der Waals surface area contributed by atoms with Gasteiger partial charge in [0.05, 0.1) is 27.4 Å². The minimum absolute atomic E-state index is 0.255. The highest BCUT2D eigenvalue weighted by molar-refractivity contribution is 7.93. The molecule has 0 radical (unpaired) electrons. The number of alkyl halides is 3. The number of aromatic carboxylic acids is 1. The van der Waals surface area contributed by atoms with Crippen LogP contribution in [0.3, 0.4) is 0 Å². The van der Waals surface area contributed by atoms with E-state index < -0.39 is 38.0 Å². The number of nitrogen functional groups attached to an aromatic ring is 2. The Morgan fingerprint density at radius 3 is 2.06 bits per heavy atom. The number of anilines is 3. The van der Waals surface area contributed by atoms with Gasteiger partial charge in [0, 0.05) is 20.2 Å². The van der Waals surface area contributed by atoms with Gasteiger partial charge in [0.2, 0.25) is 0 Å². The van der Waals surface area contributed by atoms with E-state index in [9.17, 15) is 41.3 Å². The number of nitrogens with two attached hydrogens (primary N) is 2. The van der Waals surface area contributed by atoms with Crippen molar-refractivity contribution in [1.82, 2.24) is 4.90 Å². The van der Waals surface area contributed by atoms with Crippen LogP contribution in [0.25, 0.3) is 0 Å². The summed E-state index contributed by atoms with van der Waals surface area (Å²) in [6, 6.07) is 7.33. The number of carbonyl (C=O) groups is 2. The summed E-state index contributed by atoms with van der Waals surface area (Å²) in [5, 5.41) is 18.9. The molecule has 180 valence electrons. The fourth-order valence-corrected chi connectivity index (χ4v) is 2.81. The molecular weight excluding hydrogens is 475 g/mol. The van der Waals surface area contributed by atoms with E-state index in [-0.39, 0.29) is 28.2 Å². The minimum Gasteiger partial charge on any atom is -0.478 e. The van der Waals surface area contributed by atoms with Gasteiger partial charge in [-0.1, -0.05) is 12.1 Å². The molecule has 0 saturated carbocycles. The first kappa shape index (κ1) is 27.0. The fourth-order valence-electron chi connectivity index (χ4n) is 2.19. The van der Waals surface area contributed by atoms with Crippen molar-refractivity contribution in [2.75, 3.05) is 30.3 Å². The third-order valence-electron chi connectivity index (χ3n) is 3.78. The van der Waals surface area contributed by atoms with Crippen LogP contribution in [0.5, 0.6) is 0 Å². The molecule has 0 spiro atoms. The molecule has 12 nitrogen and oxygen atoms in total.